The van der Waals surface area contributed by atoms with Crippen molar-refractivity contribution in [2.45, 2.75) is 13.3 Å². The molecular formula is C17H17NO2. The number of nitriles is 1. The van der Waals surface area contributed by atoms with Crippen LogP contribution in [0.1, 0.15) is 18.9 Å². The molecule has 1 aromatic carbocycles. The average molecular weight is 267 g/mol. The van der Waals surface area contributed by atoms with E-state index < -0.39 is 11.4 Å². The van der Waals surface area contributed by atoms with Gasteiger partial charge < -0.3 is 5.11 Å². The minimum absolute atomic E-state index is 0.0543. The molecule has 0 aliphatic heterocycles. The summed E-state index contributed by atoms with van der Waals surface area (Å²) in [5, 5.41) is 17.9. The van der Waals surface area contributed by atoms with Crippen molar-refractivity contribution in [3.05, 3.63) is 66.3 Å². The standard InChI is InChI=1S/C17H17NO2/c1-3-17(11-7-13-18,14(2)16(19)20)12-10-15-8-5-4-6-9-15/h4-12H,2-3H2,1H3,(H,19,20). The van der Waals surface area contributed by atoms with Crippen molar-refractivity contribution in [1.82, 2.24) is 0 Å². The Morgan fingerprint density at radius 3 is 2.55 bits per heavy atom. The zero-order valence-corrected chi connectivity index (χ0v) is 11.4. The molecule has 0 bridgehead atoms. The Morgan fingerprint density at radius 1 is 1.40 bits per heavy atom. The molecule has 3 nitrogen and oxygen atoms in total. The fourth-order valence-electron chi connectivity index (χ4n) is 1.90. The Labute approximate surface area is 119 Å². The highest BCUT2D eigenvalue weighted by Crippen LogP contribution is 2.34. The molecule has 0 saturated carbocycles. The number of nitrogens with zero attached hydrogens (tertiary/aromatic N) is 1. The molecule has 1 atom stereocenters. The van der Waals surface area contributed by atoms with E-state index >= 15 is 0 Å². The predicted molar refractivity (Wildman–Crippen MR) is 79.7 cm³/mol. The first-order chi connectivity index (χ1) is 9.55. The quantitative estimate of drug-likeness (QED) is 0.629. The zero-order chi connectivity index (χ0) is 15.0. The maximum atomic E-state index is 11.2. The molecule has 1 rings (SSSR count). The number of allylic oxidation sites excluding steroid dienone is 3. The molecule has 0 aliphatic carbocycles. The van der Waals surface area contributed by atoms with Crippen LogP contribution in [0, 0.1) is 16.7 Å². The Bertz CT molecular complexity index is 579. The summed E-state index contributed by atoms with van der Waals surface area (Å²) < 4.78 is 0. The molecular weight excluding hydrogens is 250 g/mol. The van der Waals surface area contributed by atoms with Crippen LogP contribution in [-0.2, 0) is 4.79 Å². The molecule has 102 valence electrons. The van der Waals surface area contributed by atoms with E-state index in [1.165, 1.54) is 6.08 Å². The lowest BCUT2D eigenvalue weighted by Gasteiger charge is -2.25. The topological polar surface area (TPSA) is 61.1 Å². The summed E-state index contributed by atoms with van der Waals surface area (Å²) >= 11 is 0. The normalized spacial score (nSPS) is 14.0. The van der Waals surface area contributed by atoms with Crippen LogP contribution >= 0.6 is 0 Å². The Balaban J connectivity index is 3.20. The number of carbonyl (C=O) groups is 1. The van der Waals surface area contributed by atoms with Crippen molar-refractivity contribution in [2.24, 2.45) is 5.41 Å². The summed E-state index contributed by atoms with van der Waals surface area (Å²) in [5.74, 6) is -1.06. The lowest BCUT2D eigenvalue weighted by atomic mass is 9.77. The van der Waals surface area contributed by atoms with Gasteiger partial charge in [0.15, 0.2) is 0 Å². The zero-order valence-electron chi connectivity index (χ0n) is 11.4. The molecule has 0 radical (unpaired) electrons. The minimum Gasteiger partial charge on any atom is -0.478 e. The van der Waals surface area contributed by atoms with Crippen molar-refractivity contribution in [3.8, 4) is 6.07 Å². The largest absolute Gasteiger partial charge is 0.478 e. The van der Waals surface area contributed by atoms with E-state index in [0.717, 1.165) is 5.56 Å². The smallest absolute Gasteiger partial charge is 0.332 e. The van der Waals surface area contributed by atoms with Gasteiger partial charge in [-0.05, 0) is 12.0 Å². The molecule has 0 aromatic heterocycles. The second-order valence-corrected chi connectivity index (χ2v) is 4.38. The van der Waals surface area contributed by atoms with Crippen LogP contribution in [0.15, 0.2) is 60.7 Å². The maximum Gasteiger partial charge on any atom is 0.332 e. The van der Waals surface area contributed by atoms with Crippen molar-refractivity contribution < 1.29 is 9.90 Å². The molecule has 0 amide bonds. The average Bonchev–Trinajstić information content (AvgIpc) is 2.48. The summed E-state index contributed by atoms with van der Waals surface area (Å²) in [5.41, 5.74) is 0.171. The molecule has 1 unspecified atom stereocenters. The highest BCUT2D eigenvalue weighted by molar-refractivity contribution is 5.89. The SMILES string of the molecule is C=C(C(=O)O)C(C=CC#N)(C=Cc1ccccc1)CC. The van der Waals surface area contributed by atoms with Crippen molar-refractivity contribution in [1.29, 1.82) is 5.26 Å². The first-order valence-corrected chi connectivity index (χ1v) is 6.30. The van der Waals surface area contributed by atoms with Gasteiger partial charge in [-0.1, -0.05) is 62.1 Å². The molecule has 0 saturated heterocycles. The monoisotopic (exact) mass is 267 g/mol. The molecule has 1 N–H and O–H groups in total. The van der Waals surface area contributed by atoms with Crippen LogP contribution < -0.4 is 0 Å². The van der Waals surface area contributed by atoms with Crippen molar-refractivity contribution in [3.63, 3.8) is 0 Å². The van der Waals surface area contributed by atoms with E-state index in [-0.39, 0.29) is 5.57 Å². The molecule has 0 spiro atoms. The Hall–Kier alpha value is -2.60. The molecule has 0 heterocycles. The number of benzene rings is 1. The Kier molecular flexibility index (Phi) is 5.49. The van der Waals surface area contributed by atoms with Gasteiger partial charge in [-0.3, -0.25) is 0 Å². The van der Waals surface area contributed by atoms with Gasteiger partial charge >= 0.3 is 5.97 Å². The van der Waals surface area contributed by atoms with E-state index in [4.69, 9.17) is 5.26 Å². The second kappa shape index (κ2) is 7.10. The highest BCUT2D eigenvalue weighted by atomic mass is 16.4. The fraction of sp³-hybridized carbons (Fsp3) is 0.176. The van der Waals surface area contributed by atoms with Gasteiger partial charge in [-0.2, -0.15) is 5.26 Å². The number of hydrogen-bond acceptors (Lipinski definition) is 2. The van der Waals surface area contributed by atoms with Crippen LogP contribution in [0.2, 0.25) is 0 Å². The van der Waals surface area contributed by atoms with Gasteiger partial charge in [0, 0.05) is 17.1 Å². The summed E-state index contributed by atoms with van der Waals surface area (Å²) in [6.07, 6.45) is 7.03. The minimum atomic E-state index is -1.06. The molecule has 20 heavy (non-hydrogen) atoms. The first-order valence-electron chi connectivity index (χ1n) is 6.30. The van der Waals surface area contributed by atoms with Gasteiger partial charge in [-0.15, -0.1) is 0 Å². The van der Waals surface area contributed by atoms with Gasteiger partial charge in [0.2, 0.25) is 0 Å². The Morgan fingerprint density at radius 2 is 2.05 bits per heavy atom. The summed E-state index contributed by atoms with van der Waals surface area (Å²) in [6.45, 7) is 5.52. The first kappa shape index (κ1) is 15.5. The lowest BCUT2D eigenvalue weighted by Crippen LogP contribution is -2.22. The molecule has 1 aromatic rings. The predicted octanol–water partition coefficient (Wildman–Crippen LogP) is 3.82. The number of carboxylic acid groups (broad SMARTS) is 1. The van der Waals surface area contributed by atoms with E-state index in [0.29, 0.717) is 6.42 Å². The molecule has 3 heteroatoms. The van der Waals surface area contributed by atoms with Crippen LogP contribution in [0.25, 0.3) is 6.08 Å². The highest BCUT2D eigenvalue weighted by Gasteiger charge is 2.30. The molecule has 0 fully saturated rings. The second-order valence-electron chi connectivity index (χ2n) is 4.38. The third kappa shape index (κ3) is 3.69. The third-order valence-electron chi connectivity index (χ3n) is 3.23. The van der Waals surface area contributed by atoms with Crippen LogP contribution in [0.3, 0.4) is 0 Å². The number of carboxylic acids is 1. The van der Waals surface area contributed by atoms with E-state index in [9.17, 15) is 9.90 Å². The van der Waals surface area contributed by atoms with Gasteiger partial charge in [0.25, 0.3) is 0 Å². The van der Waals surface area contributed by atoms with Gasteiger partial charge in [-0.25, -0.2) is 4.79 Å². The fourth-order valence-corrected chi connectivity index (χ4v) is 1.90. The van der Waals surface area contributed by atoms with E-state index in [2.05, 4.69) is 6.58 Å². The number of rotatable bonds is 6. The van der Waals surface area contributed by atoms with Crippen LogP contribution in [0.5, 0.6) is 0 Å². The van der Waals surface area contributed by atoms with E-state index in [1.807, 2.05) is 49.4 Å². The summed E-state index contributed by atoms with van der Waals surface area (Å²) in [4.78, 5) is 11.2. The third-order valence-corrected chi connectivity index (χ3v) is 3.23. The number of aliphatic carboxylic acids is 1. The van der Waals surface area contributed by atoms with Gasteiger partial charge in [0.1, 0.15) is 0 Å². The van der Waals surface area contributed by atoms with Crippen LogP contribution in [-0.4, -0.2) is 11.1 Å². The molecule has 0 aliphatic rings. The van der Waals surface area contributed by atoms with Crippen molar-refractivity contribution in [2.75, 3.05) is 0 Å². The lowest BCUT2D eigenvalue weighted by molar-refractivity contribution is -0.133. The maximum absolute atomic E-state index is 11.2. The van der Waals surface area contributed by atoms with Crippen molar-refractivity contribution >= 4 is 12.0 Å². The summed E-state index contributed by atoms with van der Waals surface area (Å²) in [6, 6.07) is 11.5. The van der Waals surface area contributed by atoms with E-state index in [1.54, 1.807) is 12.2 Å². The number of hydrogen-bond donors (Lipinski definition) is 1. The van der Waals surface area contributed by atoms with Crippen LogP contribution in [0.4, 0.5) is 0 Å². The van der Waals surface area contributed by atoms with Gasteiger partial charge in [0.05, 0.1) is 6.07 Å². The summed E-state index contributed by atoms with van der Waals surface area (Å²) in [7, 11) is 0.